The summed E-state index contributed by atoms with van der Waals surface area (Å²) in [5, 5.41) is 0. The standard InChI is InChI=1S/C9H7F4NO2/c1-16-7(15)3-5-2-6(9(11,12)13)4-14-8(5)10/h2,4H,3H2,1H3. The van der Waals surface area contributed by atoms with Crippen molar-refractivity contribution in [2.45, 2.75) is 12.6 Å². The number of methoxy groups -OCH3 is 1. The quantitative estimate of drug-likeness (QED) is 0.448. The molecule has 0 bridgehead atoms. The molecule has 1 aromatic heterocycles. The lowest BCUT2D eigenvalue weighted by atomic mass is 10.1. The molecule has 0 atom stereocenters. The number of carbonyl (C=O) groups is 1. The van der Waals surface area contributed by atoms with Gasteiger partial charge in [0.25, 0.3) is 0 Å². The van der Waals surface area contributed by atoms with E-state index in [2.05, 4.69) is 9.72 Å². The number of carbonyl (C=O) groups excluding carboxylic acids is 1. The number of pyridine rings is 1. The zero-order chi connectivity index (χ0) is 12.3. The molecule has 0 amide bonds. The van der Waals surface area contributed by atoms with Gasteiger partial charge in [0.05, 0.1) is 19.1 Å². The van der Waals surface area contributed by atoms with Gasteiger partial charge in [0.2, 0.25) is 5.95 Å². The number of esters is 1. The van der Waals surface area contributed by atoms with Gasteiger partial charge < -0.3 is 4.74 Å². The average molecular weight is 237 g/mol. The van der Waals surface area contributed by atoms with Crippen LogP contribution in [0.5, 0.6) is 0 Å². The minimum Gasteiger partial charge on any atom is -0.469 e. The van der Waals surface area contributed by atoms with Crippen LogP contribution in [-0.2, 0) is 22.1 Å². The van der Waals surface area contributed by atoms with E-state index < -0.39 is 35.6 Å². The number of halogens is 4. The van der Waals surface area contributed by atoms with Gasteiger partial charge in [-0.3, -0.25) is 4.79 Å². The molecule has 1 heterocycles. The monoisotopic (exact) mass is 237 g/mol. The highest BCUT2D eigenvalue weighted by atomic mass is 19.4. The van der Waals surface area contributed by atoms with Gasteiger partial charge in [0.1, 0.15) is 0 Å². The van der Waals surface area contributed by atoms with E-state index in [4.69, 9.17) is 0 Å². The van der Waals surface area contributed by atoms with E-state index in [1.165, 1.54) is 0 Å². The largest absolute Gasteiger partial charge is 0.469 e. The van der Waals surface area contributed by atoms with Gasteiger partial charge in [0, 0.05) is 11.8 Å². The Hall–Kier alpha value is -1.66. The highest BCUT2D eigenvalue weighted by Gasteiger charge is 2.32. The van der Waals surface area contributed by atoms with Crippen LogP contribution >= 0.6 is 0 Å². The molecule has 0 N–H and O–H groups in total. The molecule has 3 nitrogen and oxygen atoms in total. The van der Waals surface area contributed by atoms with Crippen molar-refractivity contribution in [3.05, 3.63) is 29.3 Å². The molecule has 0 saturated carbocycles. The minimum absolute atomic E-state index is 0.371. The van der Waals surface area contributed by atoms with Gasteiger partial charge in [0.15, 0.2) is 0 Å². The first-order valence-corrected chi connectivity index (χ1v) is 4.13. The van der Waals surface area contributed by atoms with Gasteiger partial charge >= 0.3 is 12.1 Å². The number of hydrogen-bond acceptors (Lipinski definition) is 3. The predicted octanol–water partition coefficient (Wildman–Crippen LogP) is 1.95. The van der Waals surface area contributed by atoms with E-state index in [-0.39, 0.29) is 0 Å². The normalized spacial score (nSPS) is 11.3. The van der Waals surface area contributed by atoms with Crippen molar-refractivity contribution in [2.75, 3.05) is 7.11 Å². The Labute approximate surface area is 88.0 Å². The Morgan fingerprint density at radius 2 is 2.12 bits per heavy atom. The molecule has 0 saturated heterocycles. The summed E-state index contributed by atoms with van der Waals surface area (Å²) in [7, 11) is 1.06. The van der Waals surface area contributed by atoms with Gasteiger partial charge in [-0.2, -0.15) is 17.6 Å². The summed E-state index contributed by atoms with van der Waals surface area (Å²) in [4.78, 5) is 13.7. The van der Waals surface area contributed by atoms with Crippen molar-refractivity contribution in [1.29, 1.82) is 0 Å². The third-order valence-electron chi connectivity index (χ3n) is 1.80. The van der Waals surface area contributed by atoms with Crippen molar-refractivity contribution in [1.82, 2.24) is 4.98 Å². The van der Waals surface area contributed by atoms with E-state index >= 15 is 0 Å². The van der Waals surface area contributed by atoms with E-state index in [9.17, 15) is 22.4 Å². The molecular formula is C9H7F4NO2. The molecule has 0 aliphatic carbocycles. The van der Waals surface area contributed by atoms with E-state index in [1.54, 1.807) is 0 Å². The van der Waals surface area contributed by atoms with E-state index in [1.807, 2.05) is 0 Å². The third-order valence-corrected chi connectivity index (χ3v) is 1.80. The van der Waals surface area contributed by atoms with Crippen LogP contribution in [0.1, 0.15) is 11.1 Å². The smallest absolute Gasteiger partial charge is 0.417 e. The molecule has 16 heavy (non-hydrogen) atoms. The molecule has 88 valence electrons. The van der Waals surface area contributed by atoms with Crippen molar-refractivity contribution < 1.29 is 27.1 Å². The van der Waals surface area contributed by atoms with Crippen molar-refractivity contribution in [3.63, 3.8) is 0 Å². The van der Waals surface area contributed by atoms with Crippen LogP contribution in [-0.4, -0.2) is 18.1 Å². The summed E-state index contributed by atoms with van der Waals surface area (Å²) in [6.07, 6.45) is -4.83. The van der Waals surface area contributed by atoms with Gasteiger partial charge in [-0.25, -0.2) is 4.98 Å². The molecule has 7 heteroatoms. The van der Waals surface area contributed by atoms with Crippen LogP contribution in [0, 0.1) is 5.95 Å². The maximum atomic E-state index is 13.0. The van der Waals surface area contributed by atoms with E-state index in [0.717, 1.165) is 7.11 Å². The molecule has 0 aliphatic heterocycles. The molecule has 1 aromatic rings. The van der Waals surface area contributed by atoms with Crippen LogP contribution < -0.4 is 0 Å². The lowest BCUT2D eigenvalue weighted by molar-refractivity contribution is -0.141. The highest BCUT2D eigenvalue weighted by molar-refractivity contribution is 5.72. The molecule has 0 aromatic carbocycles. The summed E-state index contributed by atoms with van der Waals surface area (Å²) in [5.74, 6) is -1.95. The van der Waals surface area contributed by atoms with Crippen LogP contribution in [0.25, 0.3) is 0 Å². The molecule has 0 radical (unpaired) electrons. The zero-order valence-corrected chi connectivity index (χ0v) is 8.14. The molecule has 0 aliphatic rings. The fourth-order valence-electron chi connectivity index (χ4n) is 1.00. The molecule has 0 unspecified atom stereocenters. The second-order valence-corrected chi connectivity index (χ2v) is 2.92. The Bertz CT molecular complexity index is 403. The maximum absolute atomic E-state index is 13.0. The van der Waals surface area contributed by atoms with Crippen LogP contribution in [0.2, 0.25) is 0 Å². The van der Waals surface area contributed by atoms with Crippen molar-refractivity contribution in [3.8, 4) is 0 Å². The SMILES string of the molecule is COC(=O)Cc1cc(C(F)(F)F)cnc1F. The first kappa shape index (κ1) is 12.4. The second-order valence-electron chi connectivity index (χ2n) is 2.92. The van der Waals surface area contributed by atoms with Crippen LogP contribution in [0.4, 0.5) is 17.6 Å². The van der Waals surface area contributed by atoms with Crippen molar-refractivity contribution >= 4 is 5.97 Å². The van der Waals surface area contributed by atoms with Gasteiger partial charge in [-0.15, -0.1) is 0 Å². The summed E-state index contributed by atoms with van der Waals surface area (Å²) in [6.45, 7) is 0. The number of hydrogen-bond donors (Lipinski definition) is 0. The summed E-state index contributed by atoms with van der Waals surface area (Å²) in [6, 6.07) is 0.541. The predicted molar refractivity (Wildman–Crippen MR) is 44.9 cm³/mol. The molecule has 0 fully saturated rings. The topological polar surface area (TPSA) is 39.2 Å². The molecule has 1 rings (SSSR count). The van der Waals surface area contributed by atoms with Crippen molar-refractivity contribution in [2.24, 2.45) is 0 Å². The van der Waals surface area contributed by atoms with Crippen LogP contribution in [0.3, 0.4) is 0 Å². The Morgan fingerprint density at radius 1 is 1.50 bits per heavy atom. The zero-order valence-electron chi connectivity index (χ0n) is 8.14. The number of nitrogens with zero attached hydrogens (tertiary/aromatic N) is 1. The Morgan fingerprint density at radius 3 is 2.62 bits per heavy atom. The fraction of sp³-hybridized carbons (Fsp3) is 0.333. The number of aromatic nitrogens is 1. The fourth-order valence-corrected chi connectivity index (χ4v) is 1.00. The highest BCUT2D eigenvalue weighted by Crippen LogP contribution is 2.29. The summed E-state index contributed by atoms with van der Waals surface area (Å²) in [5.41, 5.74) is -1.55. The third kappa shape index (κ3) is 2.91. The maximum Gasteiger partial charge on any atom is 0.417 e. The number of alkyl halides is 3. The van der Waals surface area contributed by atoms with E-state index in [0.29, 0.717) is 12.3 Å². The Kier molecular flexibility index (Phi) is 3.46. The van der Waals surface area contributed by atoms with Crippen LogP contribution in [0.15, 0.2) is 12.3 Å². The van der Waals surface area contributed by atoms with Gasteiger partial charge in [-0.05, 0) is 6.07 Å². The lowest BCUT2D eigenvalue weighted by Gasteiger charge is -2.08. The molecule has 0 spiro atoms. The Balaban J connectivity index is 3.04. The first-order valence-electron chi connectivity index (χ1n) is 4.13. The molecular weight excluding hydrogens is 230 g/mol. The number of rotatable bonds is 2. The summed E-state index contributed by atoms with van der Waals surface area (Å²) >= 11 is 0. The minimum atomic E-state index is -4.62. The summed E-state index contributed by atoms with van der Waals surface area (Å²) < 4.78 is 53.9. The second kappa shape index (κ2) is 4.46. The number of ether oxygens (including phenoxy) is 1. The first-order chi connectivity index (χ1) is 7.34. The lowest BCUT2D eigenvalue weighted by Crippen LogP contribution is -2.11. The average Bonchev–Trinajstić information content (AvgIpc) is 2.19. The van der Waals surface area contributed by atoms with Gasteiger partial charge in [-0.1, -0.05) is 0 Å².